The van der Waals surface area contributed by atoms with E-state index in [0.29, 0.717) is 11.4 Å². The van der Waals surface area contributed by atoms with Crippen LogP contribution in [-0.2, 0) is 0 Å². The Morgan fingerprint density at radius 2 is 2.00 bits per heavy atom. The summed E-state index contributed by atoms with van der Waals surface area (Å²) in [6.45, 7) is 0. The predicted molar refractivity (Wildman–Crippen MR) is 81.2 cm³/mol. The highest BCUT2D eigenvalue weighted by atomic mass is 79.9. The molecule has 0 bridgehead atoms. The van der Waals surface area contributed by atoms with Gasteiger partial charge in [-0.25, -0.2) is 0 Å². The quantitative estimate of drug-likeness (QED) is 0.751. The maximum Gasteiger partial charge on any atom is 0.252 e. The van der Waals surface area contributed by atoms with Crippen LogP contribution in [-0.4, -0.2) is 17.3 Å². The normalized spacial score (nSPS) is 17.7. The molecule has 0 spiro atoms. The van der Waals surface area contributed by atoms with Gasteiger partial charge in [0.05, 0.1) is 11.1 Å². The molecule has 1 aliphatic carbocycles. The molecule has 1 N–H and O–H groups in total. The lowest BCUT2D eigenvalue weighted by molar-refractivity contribution is 0.0908. The number of carbonyl (C=O) groups excluding carboxylic acids is 1. The van der Waals surface area contributed by atoms with Gasteiger partial charge in [0.15, 0.2) is 0 Å². The van der Waals surface area contributed by atoms with E-state index in [0.717, 1.165) is 34.6 Å². The summed E-state index contributed by atoms with van der Waals surface area (Å²) in [5.74, 6) is 0.412. The van der Waals surface area contributed by atoms with Crippen molar-refractivity contribution in [1.82, 2.24) is 5.32 Å². The van der Waals surface area contributed by atoms with Gasteiger partial charge in [-0.05, 0) is 47.0 Å². The minimum Gasteiger partial charge on any atom is -0.345 e. The fourth-order valence-electron chi connectivity index (χ4n) is 2.32. The molecule has 0 aromatic heterocycles. The van der Waals surface area contributed by atoms with Crippen LogP contribution in [0, 0.1) is 0 Å². The molecule has 0 saturated heterocycles. The Bertz CT molecular complexity index is 458. The Hall–Kier alpha value is -0.0600. The van der Waals surface area contributed by atoms with E-state index in [1.54, 1.807) is 0 Å². The zero-order valence-corrected chi connectivity index (χ0v) is 13.7. The zero-order valence-electron chi connectivity index (χ0n) is 9.81. The van der Waals surface area contributed by atoms with Crippen LogP contribution in [0.25, 0.3) is 0 Å². The van der Waals surface area contributed by atoms with Gasteiger partial charge in [-0.15, -0.1) is 11.6 Å². The third-order valence-corrected chi connectivity index (χ3v) is 5.06. The van der Waals surface area contributed by atoms with Gasteiger partial charge >= 0.3 is 0 Å². The molecule has 0 atom stereocenters. The highest BCUT2D eigenvalue weighted by molar-refractivity contribution is 9.11. The second-order valence-corrected chi connectivity index (χ2v) is 6.74. The van der Waals surface area contributed by atoms with Gasteiger partial charge in [0.2, 0.25) is 0 Å². The molecule has 0 unspecified atom stereocenters. The maximum atomic E-state index is 12.3. The number of halogens is 3. The molecule has 1 fully saturated rings. The average Bonchev–Trinajstić information content (AvgIpc) is 2.81. The molecule has 0 aliphatic heterocycles. The van der Waals surface area contributed by atoms with E-state index in [9.17, 15) is 4.79 Å². The summed E-state index contributed by atoms with van der Waals surface area (Å²) in [7, 11) is 0. The highest BCUT2D eigenvalue weighted by Crippen LogP contribution is 2.31. The molecule has 0 heterocycles. The van der Waals surface area contributed by atoms with Crippen molar-refractivity contribution in [3.63, 3.8) is 0 Å². The number of alkyl halides is 1. The summed E-state index contributed by atoms with van der Waals surface area (Å²) in [5.41, 5.74) is 0.418. The van der Waals surface area contributed by atoms with Crippen molar-refractivity contribution < 1.29 is 4.79 Å². The van der Waals surface area contributed by atoms with Crippen molar-refractivity contribution in [2.24, 2.45) is 0 Å². The van der Waals surface area contributed by atoms with Crippen LogP contribution in [0.15, 0.2) is 27.1 Å². The van der Waals surface area contributed by atoms with Gasteiger partial charge in [0.25, 0.3) is 5.91 Å². The number of hydrogen-bond acceptors (Lipinski definition) is 1. The third-order valence-electron chi connectivity index (χ3n) is 3.37. The Labute approximate surface area is 129 Å². The molecule has 1 amide bonds. The maximum absolute atomic E-state index is 12.3. The fraction of sp³-hybridized carbons (Fsp3) is 0.462. The van der Waals surface area contributed by atoms with Gasteiger partial charge < -0.3 is 5.32 Å². The second-order valence-electron chi connectivity index (χ2n) is 4.70. The highest BCUT2D eigenvalue weighted by Gasteiger charge is 2.34. The Kier molecular flexibility index (Phi) is 4.73. The van der Waals surface area contributed by atoms with Crippen molar-refractivity contribution in [3.8, 4) is 0 Å². The first kappa shape index (κ1) is 14.4. The predicted octanol–water partition coefficient (Wildman–Crippen LogP) is 4.49. The summed E-state index contributed by atoms with van der Waals surface area (Å²) in [6.07, 6.45) is 4.20. The number of carbonyl (C=O) groups is 1. The molecule has 2 rings (SSSR count). The molecular formula is C13H14Br2ClNO. The van der Waals surface area contributed by atoms with Crippen LogP contribution in [0.2, 0.25) is 0 Å². The molecule has 1 saturated carbocycles. The molecular weight excluding hydrogens is 381 g/mol. The van der Waals surface area contributed by atoms with E-state index in [1.165, 1.54) is 0 Å². The lowest BCUT2D eigenvalue weighted by atomic mass is 9.99. The van der Waals surface area contributed by atoms with Crippen molar-refractivity contribution in [3.05, 3.63) is 32.7 Å². The number of benzene rings is 1. The smallest absolute Gasteiger partial charge is 0.252 e. The van der Waals surface area contributed by atoms with Gasteiger partial charge in [0, 0.05) is 14.8 Å². The first-order valence-corrected chi connectivity index (χ1v) is 8.02. The minimum atomic E-state index is -0.222. The summed E-state index contributed by atoms with van der Waals surface area (Å²) < 4.78 is 1.69. The lowest BCUT2D eigenvalue weighted by Gasteiger charge is -2.28. The van der Waals surface area contributed by atoms with Crippen LogP contribution in [0.3, 0.4) is 0 Å². The SMILES string of the molecule is O=C(NC1(CCl)CCCC1)c1cc(Br)ccc1Br. The molecule has 98 valence electrons. The van der Waals surface area contributed by atoms with Gasteiger partial charge in [-0.2, -0.15) is 0 Å². The molecule has 2 nitrogen and oxygen atoms in total. The summed E-state index contributed by atoms with van der Waals surface area (Å²) in [6, 6.07) is 5.57. The van der Waals surface area contributed by atoms with Crippen LogP contribution in [0.1, 0.15) is 36.0 Å². The number of rotatable bonds is 3. The Balaban J connectivity index is 2.18. The van der Waals surface area contributed by atoms with E-state index >= 15 is 0 Å². The van der Waals surface area contributed by atoms with Crippen molar-refractivity contribution >= 4 is 49.4 Å². The zero-order chi connectivity index (χ0) is 13.2. The Morgan fingerprint density at radius 3 is 2.61 bits per heavy atom. The minimum absolute atomic E-state index is 0.0641. The van der Waals surface area contributed by atoms with Crippen LogP contribution >= 0.6 is 43.5 Å². The monoisotopic (exact) mass is 393 g/mol. The van der Waals surface area contributed by atoms with E-state index in [1.807, 2.05) is 18.2 Å². The van der Waals surface area contributed by atoms with E-state index in [2.05, 4.69) is 37.2 Å². The molecule has 5 heteroatoms. The summed E-state index contributed by atoms with van der Waals surface area (Å²) >= 11 is 12.8. The van der Waals surface area contributed by atoms with Crippen LogP contribution < -0.4 is 5.32 Å². The standard InChI is InChI=1S/C13H14Br2ClNO/c14-9-3-4-11(15)10(7-9)12(18)17-13(8-16)5-1-2-6-13/h3-4,7H,1-2,5-6,8H2,(H,17,18). The number of hydrogen-bond donors (Lipinski definition) is 1. The van der Waals surface area contributed by atoms with Crippen molar-refractivity contribution in [2.75, 3.05) is 5.88 Å². The Morgan fingerprint density at radius 1 is 1.33 bits per heavy atom. The summed E-state index contributed by atoms with van der Waals surface area (Å²) in [4.78, 5) is 12.3. The topological polar surface area (TPSA) is 29.1 Å². The fourth-order valence-corrected chi connectivity index (χ4v) is 3.45. The summed E-state index contributed by atoms with van der Waals surface area (Å²) in [5, 5.41) is 3.10. The van der Waals surface area contributed by atoms with Gasteiger partial charge in [-0.1, -0.05) is 28.8 Å². The first-order chi connectivity index (χ1) is 8.56. The molecule has 0 radical (unpaired) electrons. The van der Waals surface area contributed by atoms with E-state index in [-0.39, 0.29) is 11.4 Å². The van der Waals surface area contributed by atoms with Gasteiger partial charge in [-0.3, -0.25) is 4.79 Å². The molecule has 18 heavy (non-hydrogen) atoms. The lowest BCUT2D eigenvalue weighted by Crippen LogP contribution is -2.48. The first-order valence-electron chi connectivity index (χ1n) is 5.90. The van der Waals surface area contributed by atoms with Crippen molar-refractivity contribution in [2.45, 2.75) is 31.2 Å². The molecule has 1 aliphatic rings. The largest absolute Gasteiger partial charge is 0.345 e. The number of amides is 1. The van der Waals surface area contributed by atoms with E-state index in [4.69, 9.17) is 11.6 Å². The average molecular weight is 396 g/mol. The van der Waals surface area contributed by atoms with Crippen LogP contribution in [0.5, 0.6) is 0 Å². The van der Waals surface area contributed by atoms with Crippen LogP contribution in [0.4, 0.5) is 0 Å². The van der Waals surface area contributed by atoms with Gasteiger partial charge in [0.1, 0.15) is 0 Å². The number of nitrogens with one attached hydrogen (secondary N) is 1. The van der Waals surface area contributed by atoms with Crippen molar-refractivity contribution in [1.29, 1.82) is 0 Å². The molecule has 1 aromatic rings. The van der Waals surface area contributed by atoms with E-state index < -0.39 is 0 Å². The second kappa shape index (κ2) is 5.93. The molecule has 1 aromatic carbocycles. The third kappa shape index (κ3) is 3.09.